The molecule has 0 bridgehead atoms. The van der Waals surface area contributed by atoms with Crippen molar-refractivity contribution in [2.24, 2.45) is 22.4 Å². The number of amides is 1. The number of carbonyl (C=O) groups is 1. The number of aromatic nitrogens is 1. The Hall–Kier alpha value is -3.68. The predicted octanol–water partition coefficient (Wildman–Crippen LogP) is 3.78. The normalized spacial score (nSPS) is 17.9. The van der Waals surface area contributed by atoms with Crippen LogP contribution in [0.15, 0.2) is 64.1 Å². The Morgan fingerprint density at radius 1 is 1.22 bits per heavy atom. The zero-order valence-corrected chi connectivity index (χ0v) is 17.9. The number of halogens is 1. The van der Waals surface area contributed by atoms with Gasteiger partial charge in [-0.25, -0.2) is 4.39 Å². The molecule has 2 unspecified atom stereocenters. The van der Waals surface area contributed by atoms with E-state index in [1.165, 1.54) is 6.07 Å². The third kappa shape index (κ3) is 4.64. The molecule has 8 heteroatoms. The van der Waals surface area contributed by atoms with Crippen molar-refractivity contribution in [3.05, 3.63) is 71.7 Å². The zero-order valence-electron chi connectivity index (χ0n) is 17.9. The second-order valence-electron chi connectivity index (χ2n) is 8.07. The third-order valence-electron chi connectivity index (χ3n) is 5.91. The minimum Gasteiger partial charge on any atom is -0.369 e. The van der Waals surface area contributed by atoms with Gasteiger partial charge in [-0.15, -0.1) is 0 Å². The van der Waals surface area contributed by atoms with Crippen LogP contribution in [0.25, 0.3) is 11.1 Å². The summed E-state index contributed by atoms with van der Waals surface area (Å²) in [4.78, 5) is 17.6. The van der Waals surface area contributed by atoms with Gasteiger partial charge < -0.3 is 20.9 Å². The molecule has 1 saturated heterocycles. The molecule has 1 aromatic heterocycles. The van der Waals surface area contributed by atoms with Crippen molar-refractivity contribution >= 4 is 17.8 Å². The fourth-order valence-corrected chi connectivity index (χ4v) is 3.96. The van der Waals surface area contributed by atoms with Crippen LogP contribution in [0.4, 0.5) is 10.3 Å². The Morgan fingerprint density at radius 3 is 2.72 bits per heavy atom. The molecule has 3 aromatic rings. The lowest BCUT2D eigenvalue weighted by atomic mass is 9.95. The van der Waals surface area contributed by atoms with Gasteiger partial charge in [0.15, 0.2) is 5.96 Å². The summed E-state index contributed by atoms with van der Waals surface area (Å²) in [5.41, 5.74) is 14.3. The Kier molecular flexibility index (Phi) is 6.20. The van der Waals surface area contributed by atoms with Gasteiger partial charge in [0, 0.05) is 30.6 Å². The molecule has 2 atom stereocenters. The topological polar surface area (TPSA) is 111 Å². The largest absolute Gasteiger partial charge is 0.369 e. The van der Waals surface area contributed by atoms with E-state index >= 15 is 0 Å². The van der Waals surface area contributed by atoms with E-state index in [0.29, 0.717) is 24.3 Å². The third-order valence-corrected chi connectivity index (χ3v) is 5.91. The van der Waals surface area contributed by atoms with Crippen molar-refractivity contribution in [2.75, 3.05) is 13.1 Å². The van der Waals surface area contributed by atoms with Gasteiger partial charge in [0.25, 0.3) is 5.88 Å². The van der Waals surface area contributed by atoms with E-state index in [0.717, 1.165) is 24.0 Å². The van der Waals surface area contributed by atoms with Crippen molar-refractivity contribution in [3.8, 4) is 11.1 Å². The van der Waals surface area contributed by atoms with Gasteiger partial charge in [-0.1, -0.05) is 54.5 Å². The Morgan fingerprint density at radius 2 is 2.00 bits per heavy atom. The maximum Gasteiger partial charge on any atom is 0.253 e. The summed E-state index contributed by atoms with van der Waals surface area (Å²) in [7, 11) is 0. The first-order chi connectivity index (χ1) is 15.4. The van der Waals surface area contributed by atoms with Crippen LogP contribution in [-0.2, 0) is 4.79 Å². The first kappa shape index (κ1) is 21.5. The first-order valence-electron chi connectivity index (χ1n) is 10.6. The van der Waals surface area contributed by atoms with Crippen molar-refractivity contribution in [1.82, 2.24) is 10.1 Å². The molecule has 2 heterocycles. The van der Waals surface area contributed by atoms with Gasteiger partial charge >= 0.3 is 0 Å². The summed E-state index contributed by atoms with van der Waals surface area (Å²) in [5, 5.41) is 4.09. The zero-order chi connectivity index (χ0) is 22.7. The average Bonchev–Trinajstić information content (AvgIpc) is 3.27. The lowest BCUT2D eigenvalue weighted by molar-refractivity contribution is -0.122. The van der Waals surface area contributed by atoms with Crippen LogP contribution in [0.5, 0.6) is 0 Å². The number of primary amides is 1. The van der Waals surface area contributed by atoms with Crippen LogP contribution in [0.3, 0.4) is 0 Å². The molecule has 4 N–H and O–H groups in total. The molecule has 0 radical (unpaired) electrons. The highest BCUT2D eigenvalue weighted by Crippen LogP contribution is 2.30. The monoisotopic (exact) mass is 435 g/mol. The highest BCUT2D eigenvalue weighted by atomic mass is 19.1. The van der Waals surface area contributed by atoms with Gasteiger partial charge in [0.1, 0.15) is 5.82 Å². The van der Waals surface area contributed by atoms with Crippen molar-refractivity contribution in [2.45, 2.75) is 25.7 Å². The Bertz CT molecular complexity index is 1130. The minimum atomic E-state index is -0.330. The predicted molar refractivity (Wildman–Crippen MR) is 121 cm³/mol. The molecule has 1 fully saturated rings. The fourth-order valence-electron chi connectivity index (χ4n) is 3.96. The number of nitrogens with two attached hydrogens (primary N) is 2. The molecular formula is C24H26FN5O2. The second-order valence-corrected chi connectivity index (χ2v) is 8.07. The number of aliphatic imine (C=N–C) groups is 1. The highest BCUT2D eigenvalue weighted by Gasteiger charge is 2.25. The van der Waals surface area contributed by atoms with E-state index < -0.39 is 0 Å². The average molecular weight is 436 g/mol. The molecular weight excluding hydrogens is 409 g/mol. The lowest BCUT2D eigenvalue weighted by Gasteiger charge is -2.31. The van der Waals surface area contributed by atoms with Gasteiger partial charge in [-0.3, -0.25) is 4.79 Å². The Labute approximate surface area is 185 Å². The number of piperidine rings is 1. The van der Waals surface area contributed by atoms with Crippen LogP contribution in [0, 0.1) is 11.7 Å². The number of hydrogen-bond acceptors (Lipinski definition) is 4. The van der Waals surface area contributed by atoms with E-state index in [4.69, 9.17) is 16.0 Å². The molecule has 0 saturated carbocycles. The second kappa shape index (κ2) is 9.21. The number of carbonyl (C=O) groups excluding carboxylic acids is 1. The smallest absolute Gasteiger partial charge is 0.253 e. The standard InChI is InChI=1S/C24H26FN5O2/c1-15(17-9-10-19(20(25)12-17)16-6-3-2-4-7-16)21-13-22(32-29-21)28-24(27)30-11-5-8-18(14-30)23(26)31/h2-4,6-7,9-10,12-13,15,18H,5,8,11,14H2,1H3,(H2,26,31)(H2,27,28). The van der Waals surface area contributed by atoms with Crippen molar-refractivity contribution < 1.29 is 13.7 Å². The van der Waals surface area contributed by atoms with Gasteiger partial charge in [0.05, 0.1) is 11.6 Å². The van der Waals surface area contributed by atoms with Gasteiger partial charge in [-0.2, -0.15) is 4.99 Å². The minimum absolute atomic E-state index is 0.197. The summed E-state index contributed by atoms with van der Waals surface area (Å²) in [6, 6.07) is 16.3. The van der Waals surface area contributed by atoms with Crippen molar-refractivity contribution in [1.29, 1.82) is 0 Å². The summed E-state index contributed by atoms with van der Waals surface area (Å²) in [6.45, 7) is 3.06. The molecule has 1 aliphatic rings. The summed E-state index contributed by atoms with van der Waals surface area (Å²) >= 11 is 0. The molecule has 7 nitrogen and oxygen atoms in total. The molecule has 32 heavy (non-hydrogen) atoms. The molecule has 166 valence electrons. The number of guanidine groups is 1. The van der Waals surface area contributed by atoms with E-state index in [1.54, 1.807) is 12.1 Å². The number of likely N-dealkylation sites (tertiary alicyclic amines) is 1. The summed E-state index contributed by atoms with van der Waals surface area (Å²) in [6.07, 6.45) is 1.57. The fraction of sp³-hybridized carbons (Fsp3) is 0.292. The van der Waals surface area contributed by atoms with Gasteiger partial charge in [-0.05, 0) is 30.0 Å². The van der Waals surface area contributed by atoms with Gasteiger partial charge in [0.2, 0.25) is 5.91 Å². The maximum atomic E-state index is 14.8. The van der Waals surface area contributed by atoms with Crippen LogP contribution in [-0.4, -0.2) is 35.0 Å². The van der Waals surface area contributed by atoms with Crippen LogP contribution >= 0.6 is 0 Å². The molecule has 1 aliphatic heterocycles. The maximum absolute atomic E-state index is 14.8. The summed E-state index contributed by atoms with van der Waals surface area (Å²) < 4.78 is 20.1. The van der Waals surface area contributed by atoms with E-state index in [-0.39, 0.29) is 35.4 Å². The molecule has 4 rings (SSSR count). The first-order valence-corrected chi connectivity index (χ1v) is 10.6. The van der Waals surface area contributed by atoms with Crippen LogP contribution < -0.4 is 11.5 Å². The van der Waals surface area contributed by atoms with E-state index in [2.05, 4.69) is 10.1 Å². The summed E-state index contributed by atoms with van der Waals surface area (Å²) in [5.74, 6) is -0.546. The molecule has 0 aliphatic carbocycles. The highest BCUT2D eigenvalue weighted by molar-refractivity contribution is 5.82. The molecule has 2 aromatic carbocycles. The van der Waals surface area contributed by atoms with Crippen LogP contribution in [0.1, 0.15) is 36.9 Å². The SMILES string of the molecule is CC(c1ccc(-c2ccccc2)c(F)c1)c1cc(/N=C(/N)N2CCCC(C(N)=O)C2)on1. The number of nitrogens with zero attached hydrogens (tertiary/aromatic N) is 3. The number of hydrogen-bond donors (Lipinski definition) is 2. The van der Waals surface area contributed by atoms with E-state index in [1.807, 2.05) is 48.2 Å². The Balaban J connectivity index is 1.49. The van der Waals surface area contributed by atoms with E-state index in [9.17, 15) is 9.18 Å². The molecule has 1 amide bonds. The quantitative estimate of drug-likeness (QED) is 0.468. The van der Waals surface area contributed by atoms with Crippen LogP contribution in [0.2, 0.25) is 0 Å². The van der Waals surface area contributed by atoms with Crippen molar-refractivity contribution in [3.63, 3.8) is 0 Å². The lowest BCUT2D eigenvalue weighted by Crippen LogP contribution is -2.47. The molecule has 0 spiro atoms. The number of benzene rings is 2. The number of rotatable bonds is 5.